The van der Waals surface area contributed by atoms with E-state index in [0.29, 0.717) is 0 Å². The van der Waals surface area contributed by atoms with Gasteiger partial charge in [0.25, 0.3) is 0 Å². The fraction of sp³-hybridized carbons (Fsp3) is 0.833. The minimum absolute atomic E-state index is 0.0312. The number of rotatable bonds is 4. The predicted molar refractivity (Wildman–Crippen MR) is 69.9 cm³/mol. The van der Waals surface area contributed by atoms with Gasteiger partial charge in [-0.05, 0) is 0 Å². The summed E-state index contributed by atoms with van der Waals surface area (Å²) in [7, 11) is 0. The summed E-state index contributed by atoms with van der Waals surface area (Å²) >= 11 is 0. The molecule has 17 heavy (non-hydrogen) atoms. The fourth-order valence-corrected chi connectivity index (χ4v) is 1.52. The van der Waals surface area contributed by atoms with E-state index < -0.39 is 0 Å². The molecule has 0 unspecified atom stereocenters. The molecule has 0 amide bonds. The molecule has 0 atom stereocenters. The molecule has 0 spiro atoms. The summed E-state index contributed by atoms with van der Waals surface area (Å²) in [6.07, 6.45) is 1.83. The minimum atomic E-state index is -0.0312. The van der Waals surface area contributed by atoms with Gasteiger partial charge in [0.1, 0.15) is 0 Å². The Hall–Kier alpha value is -0.780. The molecule has 1 saturated heterocycles. The largest absolute Gasteiger partial charge is 0.400 e. The van der Waals surface area contributed by atoms with Gasteiger partial charge in [-0.3, -0.25) is 4.90 Å². The first-order valence-corrected chi connectivity index (χ1v) is 6.19. The molecule has 0 bridgehead atoms. The van der Waals surface area contributed by atoms with Crippen molar-refractivity contribution in [2.24, 2.45) is 17.0 Å². The Morgan fingerprint density at radius 3 is 2.47 bits per heavy atom. The summed E-state index contributed by atoms with van der Waals surface area (Å²) < 4.78 is 5.30. The van der Waals surface area contributed by atoms with Crippen molar-refractivity contribution in [2.45, 2.75) is 20.8 Å². The summed E-state index contributed by atoms with van der Waals surface area (Å²) in [5, 5.41) is 1.68. The van der Waals surface area contributed by atoms with Crippen LogP contribution in [-0.2, 0) is 4.74 Å². The van der Waals surface area contributed by atoms with Crippen molar-refractivity contribution in [3.63, 3.8) is 0 Å². The molecule has 4 N–H and O–H groups in total. The lowest BCUT2D eigenvalue weighted by Crippen LogP contribution is -2.42. The Labute approximate surface area is 104 Å². The third kappa shape index (κ3) is 5.39. The number of hydrogen-bond acceptors (Lipinski definition) is 5. The van der Waals surface area contributed by atoms with Crippen LogP contribution in [0.15, 0.2) is 11.9 Å². The van der Waals surface area contributed by atoms with E-state index in [1.807, 2.05) is 6.20 Å². The van der Waals surface area contributed by atoms with Crippen molar-refractivity contribution in [1.82, 2.24) is 9.91 Å². The third-order valence-corrected chi connectivity index (χ3v) is 2.95. The number of ether oxygens (including phenoxy) is 1. The molecule has 100 valence electrons. The van der Waals surface area contributed by atoms with E-state index in [-0.39, 0.29) is 5.41 Å². The zero-order valence-electron chi connectivity index (χ0n) is 11.3. The quantitative estimate of drug-likeness (QED) is 0.550. The maximum Gasteiger partial charge on any atom is 0.0594 e. The Kier molecular flexibility index (Phi) is 5.24. The Morgan fingerprint density at radius 2 is 1.94 bits per heavy atom. The van der Waals surface area contributed by atoms with Gasteiger partial charge in [-0.25, -0.2) is 5.84 Å². The molecule has 0 radical (unpaired) electrons. The second kappa shape index (κ2) is 6.23. The average molecular weight is 242 g/mol. The van der Waals surface area contributed by atoms with Crippen molar-refractivity contribution in [1.29, 1.82) is 0 Å². The van der Waals surface area contributed by atoms with Crippen molar-refractivity contribution in [3.8, 4) is 0 Å². The Morgan fingerprint density at radius 1 is 1.35 bits per heavy atom. The fourth-order valence-electron chi connectivity index (χ4n) is 1.52. The van der Waals surface area contributed by atoms with Crippen LogP contribution < -0.4 is 11.6 Å². The predicted octanol–water partition coefficient (Wildman–Crippen LogP) is 0.341. The zero-order valence-corrected chi connectivity index (χ0v) is 11.3. The van der Waals surface area contributed by atoms with Crippen LogP contribution in [0.1, 0.15) is 20.8 Å². The normalized spacial score (nSPS) is 19.4. The van der Waals surface area contributed by atoms with E-state index in [1.165, 1.54) is 0 Å². The SMILES string of the molecule is CC(C)(C)/C(N)=C/N(N)CCN1CCOCC1. The molecule has 5 heteroatoms. The standard InChI is InChI=1S/C12H26N4O/c1-12(2,3)11(13)10-16(14)5-4-15-6-8-17-9-7-15/h10H,4-9,13-14H2,1-3H3/b11-10-. The second-order valence-corrected chi connectivity index (χ2v) is 5.53. The van der Waals surface area contributed by atoms with Gasteiger partial charge in [-0.15, -0.1) is 0 Å². The van der Waals surface area contributed by atoms with Gasteiger partial charge >= 0.3 is 0 Å². The Balaban J connectivity index is 2.31. The lowest BCUT2D eigenvalue weighted by atomic mass is 9.93. The highest BCUT2D eigenvalue weighted by Gasteiger charge is 2.15. The molecule has 0 aromatic carbocycles. The minimum Gasteiger partial charge on any atom is -0.400 e. The molecule has 1 rings (SSSR count). The first kappa shape index (κ1) is 14.3. The van der Waals surface area contributed by atoms with Gasteiger partial charge < -0.3 is 15.5 Å². The van der Waals surface area contributed by atoms with Crippen LogP contribution in [0.3, 0.4) is 0 Å². The summed E-state index contributed by atoms with van der Waals surface area (Å²) in [6.45, 7) is 11.6. The van der Waals surface area contributed by atoms with Crippen LogP contribution in [0.5, 0.6) is 0 Å². The third-order valence-electron chi connectivity index (χ3n) is 2.95. The highest BCUT2D eigenvalue weighted by Crippen LogP contribution is 2.20. The van der Waals surface area contributed by atoms with Crippen LogP contribution >= 0.6 is 0 Å². The topological polar surface area (TPSA) is 67.8 Å². The number of nitrogens with zero attached hydrogens (tertiary/aromatic N) is 2. The lowest BCUT2D eigenvalue weighted by Gasteiger charge is -2.28. The molecule has 0 aromatic heterocycles. The van der Waals surface area contributed by atoms with Crippen LogP contribution in [0.2, 0.25) is 0 Å². The molecule has 0 aromatic rings. The summed E-state index contributed by atoms with van der Waals surface area (Å²) in [5.74, 6) is 5.91. The first-order chi connectivity index (χ1) is 7.89. The van der Waals surface area contributed by atoms with E-state index in [4.69, 9.17) is 16.3 Å². The number of hydrogen-bond donors (Lipinski definition) is 2. The highest BCUT2D eigenvalue weighted by molar-refractivity contribution is 5.04. The van der Waals surface area contributed by atoms with Crippen LogP contribution in [0.25, 0.3) is 0 Å². The smallest absolute Gasteiger partial charge is 0.0594 e. The van der Waals surface area contributed by atoms with Gasteiger partial charge in [0.05, 0.1) is 13.2 Å². The van der Waals surface area contributed by atoms with Crippen molar-refractivity contribution < 1.29 is 4.74 Å². The number of morpholine rings is 1. The van der Waals surface area contributed by atoms with Crippen molar-refractivity contribution >= 4 is 0 Å². The molecule has 1 heterocycles. The van der Waals surface area contributed by atoms with Gasteiger partial charge in [0.15, 0.2) is 0 Å². The number of allylic oxidation sites excluding steroid dienone is 1. The van der Waals surface area contributed by atoms with E-state index >= 15 is 0 Å². The van der Waals surface area contributed by atoms with Gasteiger partial charge in [-0.1, -0.05) is 20.8 Å². The van der Waals surface area contributed by atoms with E-state index in [1.54, 1.807) is 5.01 Å². The number of nitrogens with two attached hydrogens (primary N) is 2. The molecule has 1 fully saturated rings. The average Bonchev–Trinajstić information content (AvgIpc) is 2.26. The Bertz CT molecular complexity index is 254. The number of hydrazine groups is 1. The summed E-state index contributed by atoms with van der Waals surface area (Å²) in [5.41, 5.74) is 6.74. The van der Waals surface area contributed by atoms with Crippen LogP contribution in [0.4, 0.5) is 0 Å². The summed E-state index contributed by atoms with van der Waals surface area (Å²) in [4.78, 5) is 2.35. The molecule has 5 nitrogen and oxygen atoms in total. The molecule has 1 aliphatic heterocycles. The maximum absolute atomic E-state index is 5.97. The first-order valence-electron chi connectivity index (χ1n) is 6.19. The van der Waals surface area contributed by atoms with Crippen molar-refractivity contribution in [3.05, 3.63) is 11.9 Å². The van der Waals surface area contributed by atoms with E-state index in [2.05, 4.69) is 25.7 Å². The molecule has 0 saturated carbocycles. The lowest BCUT2D eigenvalue weighted by molar-refractivity contribution is 0.0352. The molecule has 0 aliphatic carbocycles. The van der Waals surface area contributed by atoms with Gasteiger partial charge in [0, 0.05) is 43.5 Å². The van der Waals surface area contributed by atoms with Crippen molar-refractivity contribution in [2.75, 3.05) is 39.4 Å². The van der Waals surface area contributed by atoms with E-state index in [0.717, 1.165) is 45.1 Å². The van der Waals surface area contributed by atoms with Crippen LogP contribution in [-0.4, -0.2) is 49.3 Å². The molecular formula is C12H26N4O. The second-order valence-electron chi connectivity index (χ2n) is 5.53. The maximum atomic E-state index is 5.97. The zero-order chi connectivity index (χ0) is 12.9. The summed E-state index contributed by atoms with van der Waals surface area (Å²) in [6, 6.07) is 0. The van der Waals surface area contributed by atoms with Gasteiger partial charge in [-0.2, -0.15) is 0 Å². The molecular weight excluding hydrogens is 216 g/mol. The van der Waals surface area contributed by atoms with E-state index in [9.17, 15) is 0 Å². The highest BCUT2D eigenvalue weighted by atomic mass is 16.5. The van der Waals surface area contributed by atoms with Crippen LogP contribution in [0, 0.1) is 5.41 Å². The molecule has 1 aliphatic rings. The monoisotopic (exact) mass is 242 g/mol. The van der Waals surface area contributed by atoms with Gasteiger partial charge in [0.2, 0.25) is 0 Å².